The Kier molecular flexibility index (Phi) is 4.35. The second-order valence-corrected chi connectivity index (χ2v) is 5.94. The molecule has 2 rings (SSSR count). The van der Waals surface area contributed by atoms with E-state index in [0.29, 0.717) is 11.8 Å². The lowest BCUT2D eigenvalue weighted by Gasteiger charge is -2.12. The van der Waals surface area contributed by atoms with Crippen molar-refractivity contribution < 1.29 is 0 Å². The lowest BCUT2D eigenvalue weighted by Crippen LogP contribution is -2.06. The summed E-state index contributed by atoms with van der Waals surface area (Å²) >= 11 is 0. The molecule has 3 nitrogen and oxygen atoms in total. The zero-order valence-corrected chi connectivity index (χ0v) is 12.3. The van der Waals surface area contributed by atoms with Gasteiger partial charge < -0.3 is 4.98 Å². The maximum absolute atomic E-state index is 4.81. The molecule has 1 N–H and O–H groups in total. The predicted octanol–water partition coefficient (Wildman–Crippen LogP) is 3.87. The van der Waals surface area contributed by atoms with Crippen LogP contribution in [0.15, 0.2) is 24.5 Å². The van der Waals surface area contributed by atoms with E-state index in [4.69, 9.17) is 4.98 Å². The summed E-state index contributed by atoms with van der Waals surface area (Å²) in [7, 11) is 0. The van der Waals surface area contributed by atoms with Gasteiger partial charge in [0.05, 0.1) is 17.1 Å². The highest BCUT2D eigenvalue weighted by Gasteiger charge is 2.12. The highest BCUT2D eigenvalue weighted by atomic mass is 14.9. The van der Waals surface area contributed by atoms with Crippen molar-refractivity contribution in [2.24, 2.45) is 11.8 Å². The Labute approximate surface area is 115 Å². The van der Waals surface area contributed by atoms with Gasteiger partial charge in [-0.2, -0.15) is 0 Å². The molecule has 2 heterocycles. The van der Waals surface area contributed by atoms with Crippen molar-refractivity contribution in [2.75, 3.05) is 0 Å². The molecular formula is C16H23N3. The van der Waals surface area contributed by atoms with Gasteiger partial charge in [-0.15, -0.1) is 0 Å². The summed E-state index contributed by atoms with van der Waals surface area (Å²) in [6.45, 7) is 8.83. The summed E-state index contributed by atoms with van der Waals surface area (Å²) in [5.74, 6) is 1.18. The van der Waals surface area contributed by atoms with E-state index in [1.807, 2.05) is 18.5 Å². The normalized spacial score (nSPS) is 11.5. The van der Waals surface area contributed by atoms with Gasteiger partial charge in [0.1, 0.15) is 5.69 Å². The molecule has 0 atom stereocenters. The molecule has 0 aliphatic carbocycles. The lowest BCUT2D eigenvalue weighted by atomic mass is 10.0. The summed E-state index contributed by atoms with van der Waals surface area (Å²) in [6.07, 6.45) is 5.81. The van der Waals surface area contributed by atoms with Crippen molar-refractivity contribution in [1.29, 1.82) is 0 Å². The van der Waals surface area contributed by atoms with Crippen molar-refractivity contribution in [3.63, 3.8) is 0 Å². The van der Waals surface area contributed by atoms with Crippen LogP contribution >= 0.6 is 0 Å². The highest BCUT2D eigenvalue weighted by Crippen LogP contribution is 2.21. The van der Waals surface area contributed by atoms with E-state index in [2.05, 4.69) is 43.7 Å². The average molecular weight is 257 g/mol. The van der Waals surface area contributed by atoms with Gasteiger partial charge in [0, 0.05) is 12.4 Å². The Morgan fingerprint density at radius 3 is 2.42 bits per heavy atom. The Morgan fingerprint density at radius 2 is 1.84 bits per heavy atom. The van der Waals surface area contributed by atoms with E-state index in [1.165, 1.54) is 0 Å². The third-order valence-corrected chi connectivity index (χ3v) is 2.97. The molecule has 0 saturated carbocycles. The zero-order valence-electron chi connectivity index (χ0n) is 12.3. The Balaban J connectivity index is 2.38. The molecule has 0 fully saturated rings. The number of aromatic nitrogens is 3. The monoisotopic (exact) mass is 257 g/mol. The average Bonchev–Trinajstić information content (AvgIpc) is 2.83. The highest BCUT2D eigenvalue weighted by molar-refractivity contribution is 5.57. The van der Waals surface area contributed by atoms with Crippen LogP contribution in [-0.4, -0.2) is 15.0 Å². The third kappa shape index (κ3) is 3.66. The molecule has 0 aliphatic rings. The topological polar surface area (TPSA) is 41.6 Å². The second-order valence-electron chi connectivity index (χ2n) is 5.94. The van der Waals surface area contributed by atoms with Crippen LogP contribution in [0.25, 0.3) is 11.4 Å². The minimum atomic E-state index is 0.582. The van der Waals surface area contributed by atoms with Gasteiger partial charge in [-0.25, -0.2) is 4.98 Å². The summed E-state index contributed by atoms with van der Waals surface area (Å²) in [5.41, 5.74) is 4.24. The Bertz CT molecular complexity index is 513. The first-order valence-electron chi connectivity index (χ1n) is 7.04. The van der Waals surface area contributed by atoms with Crippen molar-refractivity contribution in [3.05, 3.63) is 35.9 Å². The molecule has 102 valence electrons. The molecule has 0 radical (unpaired) electrons. The van der Waals surface area contributed by atoms with Gasteiger partial charge >= 0.3 is 0 Å². The second kappa shape index (κ2) is 6.00. The minimum absolute atomic E-state index is 0.582. The third-order valence-electron chi connectivity index (χ3n) is 2.97. The standard InChI is InChI=1S/C16H23N3/c1-11(2)8-13-10-18-15(9-12(3)4)16(19-13)14-6-5-7-17-14/h5-7,10-12,17H,8-9H2,1-4H3. The fourth-order valence-corrected chi connectivity index (χ4v) is 2.20. The molecular weight excluding hydrogens is 234 g/mol. The van der Waals surface area contributed by atoms with E-state index in [1.54, 1.807) is 0 Å². The van der Waals surface area contributed by atoms with E-state index in [9.17, 15) is 0 Å². The maximum Gasteiger partial charge on any atom is 0.108 e. The number of hydrogen-bond acceptors (Lipinski definition) is 2. The molecule has 2 aromatic rings. The van der Waals surface area contributed by atoms with Crippen molar-refractivity contribution >= 4 is 0 Å². The summed E-state index contributed by atoms with van der Waals surface area (Å²) in [5, 5.41) is 0. The first-order valence-corrected chi connectivity index (χ1v) is 7.04. The van der Waals surface area contributed by atoms with Gasteiger partial charge in [0.2, 0.25) is 0 Å². The number of nitrogens with one attached hydrogen (secondary N) is 1. The molecule has 0 aromatic carbocycles. The molecule has 0 spiro atoms. The van der Waals surface area contributed by atoms with Crippen LogP contribution in [0, 0.1) is 11.8 Å². The summed E-state index contributed by atoms with van der Waals surface area (Å²) in [6, 6.07) is 4.07. The smallest absolute Gasteiger partial charge is 0.108 e. The van der Waals surface area contributed by atoms with Crippen LogP contribution in [0.5, 0.6) is 0 Å². The summed E-state index contributed by atoms with van der Waals surface area (Å²) in [4.78, 5) is 12.7. The van der Waals surface area contributed by atoms with E-state index in [0.717, 1.165) is 35.6 Å². The van der Waals surface area contributed by atoms with Crippen LogP contribution < -0.4 is 0 Å². The van der Waals surface area contributed by atoms with Crippen LogP contribution in [0.1, 0.15) is 39.1 Å². The van der Waals surface area contributed by atoms with Crippen molar-refractivity contribution in [2.45, 2.75) is 40.5 Å². The minimum Gasteiger partial charge on any atom is -0.360 e. The SMILES string of the molecule is CC(C)Cc1cnc(CC(C)C)c(-c2ccc[nH]2)n1. The van der Waals surface area contributed by atoms with Crippen LogP contribution in [0.4, 0.5) is 0 Å². The van der Waals surface area contributed by atoms with Gasteiger partial charge in [-0.1, -0.05) is 27.7 Å². The number of aromatic amines is 1. The fourth-order valence-electron chi connectivity index (χ4n) is 2.20. The quantitative estimate of drug-likeness (QED) is 0.883. The first-order chi connectivity index (χ1) is 9.06. The molecule has 3 heteroatoms. The van der Waals surface area contributed by atoms with E-state index < -0.39 is 0 Å². The van der Waals surface area contributed by atoms with Gasteiger partial charge in [-0.3, -0.25) is 4.98 Å². The first kappa shape index (κ1) is 13.8. The number of rotatable bonds is 5. The van der Waals surface area contributed by atoms with Gasteiger partial charge in [0.25, 0.3) is 0 Å². The maximum atomic E-state index is 4.81. The van der Waals surface area contributed by atoms with Crippen LogP contribution in [-0.2, 0) is 12.8 Å². The number of H-pyrrole nitrogens is 1. The lowest BCUT2D eigenvalue weighted by molar-refractivity contribution is 0.618. The van der Waals surface area contributed by atoms with Gasteiger partial charge in [0.15, 0.2) is 0 Å². The molecule has 0 bridgehead atoms. The predicted molar refractivity (Wildman–Crippen MR) is 78.9 cm³/mol. The molecule has 0 unspecified atom stereocenters. The number of nitrogens with zero attached hydrogens (tertiary/aromatic N) is 2. The fraction of sp³-hybridized carbons (Fsp3) is 0.500. The van der Waals surface area contributed by atoms with Crippen molar-refractivity contribution in [1.82, 2.24) is 15.0 Å². The molecule has 0 amide bonds. The zero-order chi connectivity index (χ0) is 13.8. The van der Waals surface area contributed by atoms with Crippen LogP contribution in [0.3, 0.4) is 0 Å². The van der Waals surface area contributed by atoms with Crippen molar-refractivity contribution in [3.8, 4) is 11.4 Å². The molecule has 19 heavy (non-hydrogen) atoms. The van der Waals surface area contributed by atoms with E-state index >= 15 is 0 Å². The van der Waals surface area contributed by atoms with E-state index in [-0.39, 0.29) is 0 Å². The van der Waals surface area contributed by atoms with Gasteiger partial charge in [-0.05, 0) is 36.8 Å². The molecule has 0 aliphatic heterocycles. The number of hydrogen-bond donors (Lipinski definition) is 1. The Morgan fingerprint density at radius 1 is 1.11 bits per heavy atom. The summed E-state index contributed by atoms with van der Waals surface area (Å²) < 4.78 is 0. The molecule has 0 saturated heterocycles. The largest absolute Gasteiger partial charge is 0.360 e. The van der Waals surface area contributed by atoms with Crippen LogP contribution in [0.2, 0.25) is 0 Å². The Hall–Kier alpha value is -1.64. The molecule has 2 aromatic heterocycles.